The zero-order valence-corrected chi connectivity index (χ0v) is 15.3. The Bertz CT molecular complexity index is 508. The van der Waals surface area contributed by atoms with Crippen molar-refractivity contribution in [3.8, 4) is 0 Å². The van der Waals surface area contributed by atoms with Crippen LogP contribution in [0.15, 0.2) is 9.72 Å². The first kappa shape index (κ1) is 19.0. The van der Waals surface area contributed by atoms with Gasteiger partial charge in [-0.25, -0.2) is 4.98 Å². The van der Waals surface area contributed by atoms with Gasteiger partial charge < -0.3 is 9.47 Å². The topological polar surface area (TPSA) is 65.5 Å². The van der Waals surface area contributed by atoms with Crippen LogP contribution in [0.25, 0.3) is 0 Å². The normalized spacial score (nSPS) is 12.8. The van der Waals surface area contributed by atoms with E-state index >= 15 is 0 Å². The fourth-order valence-corrected chi connectivity index (χ4v) is 3.55. The van der Waals surface area contributed by atoms with E-state index in [1.54, 1.807) is 6.92 Å². The summed E-state index contributed by atoms with van der Waals surface area (Å²) in [6, 6.07) is 0. The number of aromatic nitrogens is 1. The second kappa shape index (κ2) is 8.53. The van der Waals surface area contributed by atoms with Gasteiger partial charge in [-0.1, -0.05) is 18.7 Å². The van der Waals surface area contributed by atoms with Crippen LogP contribution in [-0.4, -0.2) is 34.4 Å². The van der Waals surface area contributed by atoms with E-state index in [-0.39, 0.29) is 23.6 Å². The zero-order valence-electron chi connectivity index (χ0n) is 13.7. The molecule has 0 radical (unpaired) electrons. The molecule has 0 saturated carbocycles. The lowest BCUT2D eigenvalue weighted by Gasteiger charge is -2.22. The van der Waals surface area contributed by atoms with Crippen LogP contribution in [0.2, 0.25) is 0 Å². The predicted octanol–water partition coefficient (Wildman–Crippen LogP) is 3.46. The van der Waals surface area contributed by atoms with Crippen molar-refractivity contribution in [1.29, 1.82) is 0 Å². The van der Waals surface area contributed by atoms with Gasteiger partial charge in [-0.15, -0.1) is 11.3 Å². The Morgan fingerprint density at radius 3 is 2.59 bits per heavy atom. The van der Waals surface area contributed by atoms with E-state index in [2.05, 4.69) is 4.98 Å². The van der Waals surface area contributed by atoms with Gasteiger partial charge in [-0.3, -0.25) is 9.59 Å². The Morgan fingerprint density at radius 1 is 1.36 bits per heavy atom. The minimum atomic E-state index is -0.497. The van der Waals surface area contributed by atoms with E-state index in [4.69, 9.17) is 9.47 Å². The molecule has 0 fully saturated rings. The minimum absolute atomic E-state index is 0.161. The second-order valence-electron chi connectivity index (χ2n) is 5.63. The zero-order chi connectivity index (χ0) is 16.8. The number of hydrogen-bond acceptors (Lipinski definition) is 7. The summed E-state index contributed by atoms with van der Waals surface area (Å²) in [5.74, 6) is -0.523. The molecule has 0 aliphatic heterocycles. The van der Waals surface area contributed by atoms with Crippen LogP contribution in [0.3, 0.4) is 0 Å². The monoisotopic (exact) mass is 345 g/mol. The lowest BCUT2D eigenvalue weighted by atomic mass is 10.2. The molecule has 0 N–H and O–H groups in total. The average Bonchev–Trinajstić information content (AvgIpc) is 2.81. The predicted molar refractivity (Wildman–Crippen MR) is 88.2 cm³/mol. The Balaban J connectivity index is 2.63. The van der Waals surface area contributed by atoms with Crippen molar-refractivity contribution in [1.82, 2.24) is 4.98 Å². The van der Waals surface area contributed by atoms with Crippen LogP contribution in [0.1, 0.15) is 46.7 Å². The van der Waals surface area contributed by atoms with Crippen molar-refractivity contribution >= 4 is 35.0 Å². The van der Waals surface area contributed by atoms with Gasteiger partial charge in [0.05, 0.1) is 18.7 Å². The Labute approximate surface area is 139 Å². The average molecular weight is 345 g/mol. The molecule has 0 bridgehead atoms. The quantitative estimate of drug-likeness (QED) is 0.557. The van der Waals surface area contributed by atoms with Crippen molar-refractivity contribution in [3.63, 3.8) is 0 Å². The maximum atomic E-state index is 12.1. The van der Waals surface area contributed by atoms with Crippen molar-refractivity contribution in [2.24, 2.45) is 0 Å². The molecule has 1 atom stereocenters. The first-order valence-electron chi connectivity index (χ1n) is 7.24. The van der Waals surface area contributed by atoms with Crippen LogP contribution in [0.4, 0.5) is 0 Å². The molecular weight excluding hydrogens is 322 g/mol. The van der Waals surface area contributed by atoms with Crippen LogP contribution in [-0.2, 0) is 25.5 Å². The largest absolute Gasteiger partial charge is 0.466 e. The Kier molecular flexibility index (Phi) is 7.35. The Hall–Kier alpha value is -1.08. The highest BCUT2D eigenvalue weighted by molar-refractivity contribution is 8.02. The molecule has 0 saturated heterocycles. The first-order chi connectivity index (χ1) is 10.2. The van der Waals surface area contributed by atoms with Gasteiger partial charge in [0.15, 0.2) is 4.34 Å². The van der Waals surface area contributed by atoms with Crippen molar-refractivity contribution < 1.29 is 19.1 Å². The van der Waals surface area contributed by atoms with Gasteiger partial charge in [-0.05, 0) is 34.1 Å². The highest BCUT2D eigenvalue weighted by Gasteiger charge is 2.25. The Morgan fingerprint density at radius 2 is 2.05 bits per heavy atom. The number of nitrogens with zero attached hydrogens (tertiary/aromatic N) is 1. The number of carbonyl (C=O) groups excluding carboxylic acids is 2. The number of esters is 2. The molecular formula is C15H23NO4S2. The summed E-state index contributed by atoms with van der Waals surface area (Å²) in [5, 5.41) is 1.53. The van der Waals surface area contributed by atoms with Crippen molar-refractivity contribution in [2.45, 2.75) is 62.7 Å². The van der Waals surface area contributed by atoms with Crippen LogP contribution >= 0.6 is 23.1 Å². The third kappa shape index (κ3) is 6.79. The molecule has 22 heavy (non-hydrogen) atoms. The molecule has 0 spiro atoms. The molecule has 1 unspecified atom stereocenters. The molecule has 1 aromatic rings. The van der Waals surface area contributed by atoms with E-state index < -0.39 is 5.60 Å². The number of hydrogen-bond donors (Lipinski definition) is 0. The van der Waals surface area contributed by atoms with E-state index in [0.717, 1.165) is 4.34 Å². The summed E-state index contributed by atoms with van der Waals surface area (Å²) < 4.78 is 11.1. The molecule has 1 aromatic heterocycles. The minimum Gasteiger partial charge on any atom is -0.466 e. The third-order valence-electron chi connectivity index (χ3n) is 2.44. The summed E-state index contributed by atoms with van der Waals surface area (Å²) >= 11 is 2.80. The lowest BCUT2D eigenvalue weighted by Crippen LogP contribution is -2.29. The summed E-state index contributed by atoms with van der Waals surface area (Å²) in [6.07, 6.45) is 0.820. The summed E-state index contributed by atoms with van der Waals surface area (Å²) in [5.41, 5.74) is 0.174. The molecule has 7 heteroatoms. The third-order valence-corrected chi connectivity index (χ3v) is 4.81. The molecule has 0 aliphatic carbocycles. The maximum Gasteiger partial charge on any atom is 0.320 e. The number of ether oxygens (including phenoxy) is 2. The molecule has 0 amide bonds. The fraction of sp³-hybridized carbons (Fsp3) is 0.667. The highest BCUT2D eigenvalue weighted by atomic mass is 32.2. The van der Waals surface area contributed by atoms with Crippen LogP contribution in [0, 0.1) is 0 Å². The van der Waals surface area contributed by atoms with E-state index in [1.807, 2.05) is 33.1 Å². The van der Waals surface area contributed by atoms with Gasteiger partial charge >= 0.3 is 11.9 Å². The number of thiazole rings is 1. The van der Waals surface area contributed by atoms with Crippen molar-refractivity contribution in [2.75, 3.05) is 6.61 Å². The molecule has 0 aliphatic rings. The molecule has 0 aromatic carbocycles. The van der Waals surface area contributed by atoms with Gasteiger partial charge in [-0.2, -0.15) is 0 Å². The second-order valence-corrected chi connectivity index (χ2v) is 7.94. The van der Waals surface area contributed by atoms with E-state index in [9.17, 15) is 9.59 Å². The standard InChI is InChI=1S/C15H23NO4S2/c1-6-11(13(18)20-15(3,4)5)22-14-16-10(9-21-14)8-12(17)19-7-2/h9,11H,6-8H2,1-5H3. The molecule has 1 rings (SSSR count). The number of thioether (sulfide) groups is 1. The molecule has 124 valence electrons. The van der Waals surface area contributed by atoms with Crippen molar-refractivity contribution in [3.05, 3.63) is 11.1 Å². The SMILES string of the molecule is CCOC(=O)Cc1csc(SC(CC)C(=O)OC(C)(C)C)n1. The van der Waals surface area contributed by atoms with Gasteiger partial charge in [0, 0.05) is 5.38 Å². The maximum absolute atomic E-state index is 12.1. The van der Waals surface area contributed by atoms with E-state index in [1.165, 1.54) is 23.1 Å². The van der Waals surface area contributed by atoms with Gasteiger partial charge in [0.25, 0.3) is 0 Å². The van der Waals surface area contributed by atoms with Gasteiger partial charge in [0.1, 0.15) is 10.9 Å². The lowest BCUT2D eigenvalue weighted by molar-refractivity contribution is -0.154. The summed E-state index contributed by atoms with van der Waals surface area (Å²) in [6.45, 7) is 9.62. The number of carbonyl (C=O) groups is 2. The number of rotatable bonds is 7. The fourth-order valence-electron chi connectivity index (χ4n) is 1.57. The molecule has 5 nitrogen and oxygen atoms in total. The molecule has 1 heterocycles. The summed E-state index contributed by atoms with van der Waals surface area (Å²) in [7, 11) is 0. The smallest absolute Gasteiger partial charge is 0.320 e. The van der Waals surface area contributed by atoms with Crippen LogP contribution in [0.5, 0.6) is 0 Å². The summed E-state index contributed by atoms with van der Waals surface area (Å²) in [4.78, 5) is 27.9. The van der Waals surface area contributed by atoms with E-state index in [0.29, 0.717) is 18.7 Å². The van der Waals surface area contributed by atoms with Crippen LogP contribution < -0.4 is 0 Å². The first-order valence-corrected chi connectivity index (χ1v) is 9.00. The van der Waals surface area contributed by atoms with Gasteiger partial charge in [0.2, 0.25) is 0 Å². The highest BCUT2D eigenvalue weighted by Crippen LogP contribution is 2.30.